The summed E-state index contributed by atoms with van der Waals surface area (Å²) in [6.07, 6.45) is 0. The number of nitrogens with zero attached hydrogens (tertiary/aromatic N) is 5. The highest BCUT2D eigenvalue weighted by Crippen LogP contribution is 2.23. The van der Waals surface area contributed by atoms with E-state index >= 15 is 0 Å². The van der Waals surface area contributed by atoms with Gasteiger partial charge in [-0.15, -0.1) is 5.10 Å². The predicted octanol–water partition coefficient (Wildman–Crippen LogP) is 1.27. The van der Waals surface area contributed by atoms with Crippen LogP contribution in [0.25, 0.3) is 0 Å². The summed E-state index contributed by atoms with van der Waals surface area (Å²) in [7, 11) is 0. The molecule has 0 bridgehead atoms. The minimum absolute atomic E-state index is 0.0194. The van der Waals surface area contributed by atoms with E-state index in [1.54, 1.807) is 13.0 Å². The zero-order valence-corrected chi connectivity index (χ0v) is 11.5. The van der Waals surface area contributed by atoms with Gasteiger partial charge in [-0.2, -0.15) is 5.26 Å². The zero-order valence-electron chi connectivity index (χ0n) is 10.7. The minimum atomic E-state index is -0.273. The molecule has 2 aromatic rings. The lowest BCUT2D eigenvalue weighted by molar-refractivity contribution is 0.533. The molecule has 0 spiro atoms. The van der Waals surface area contributed by atoms with Gasteiger partial charge in [0.05, 0.1) is 0 Å². The predicted molar refractivity (Wildman–Crippen MR) is 68.8 cm³/mol. The Balaban J connectivity index is 2.40. The first kappa shape index (κ1) is 13.3. The van der Waals surface area contributed by atoms with Crippen molar-refractivity contribution >= 4 is 11.8 Å². The van der Waals surface area contributed by atoms with Crippen molar-refractivity contribution < 1.29 is 0 Å². The highest BCUT2D eigenvalue weighted by Gasteiger charge is 2.14. The van der Waals surface area contributed by atoms with Gasteiger partial charge in [0.1, 0.15) is 11.8 Å². The minimum Gasteiger partial charge on any atom is -0.267 e. The van der Waals surface area contributed by atoms with Crippen LogP contribution in [0.3, 0.4) is 0 Å². The number of hydrogen-bond donors (Lipinski definition) is 1. The highest BCUT2D eigenvalue weighted by molar-refractivity contribution is 7.99. The molecule has 2 heterocycles. The van der Waals surface area contributed by atoms with Crippen molar-refractivity contribution in [2.75, 3.05) is 0 Å². The standard InChI is InChI=1S/C11H12N6OS/c1-6(2)17-10(18)15-16-11(17)19-9-13-7(3)4-8(5-12)14-9/h4,6H,1-3H3,(H,15,18). The van der Waals surface area contributed by atoms with E-state index < -0.39 is 0 Å². The lowest BCUT2D eigenvalue weighted by Crippen LogP contribution is -2.19. The molecule has 0 aromatic carbocycles. The lowest BCUT2D eigenvalue weighted by Gasteiger charge is -2.07. The quantitative estimate of drug-likeness (QED) is 0.847. The summed E-state index contributed by atoms with van der Waals surface area (Å²) in [5, 5.41) is 16.1. The molecule has 19 heavy (non-hydrogen) atoms. The third-order valence-electron chi connectivity index (χ3n) is 2.32. The molecule has 0 fully saturated rings. The number of nitrogens with one attached hydrogen (secondary N) is 1. The number of aromatic nitrogens is 5. The second-order valence-electron chi connectivity index (χ2n) is 4.17. The third kappa shape index (κ3) is 2.82. The van der Waals surface area contributed by atoms with Gasteiger partial charge in [0.15, 0.2) is 10.3 Å². The van der Waals surface area contributed by atoms with E-state index in [-0.39, 0.29) is 11.7 Å². The van der Waals surface area contributed by atoms with Crippen LogP contribution in [0, 0.1) is 18.3 Å². The van der Waals surface area contributed by atoms with Gasteiger partial charge >= 0.3 is 5.69 Å². The maximum Gasteiger partial charge on any atom is 0.344 e. The second-order valence-corrected chi connectivity index (χ2v) is 5.10. The van der Waals surface area contributed by atoms with Crippen LogP contribution in [0.1, 0.15) is 31.3 Å². The summed E-state index contributed by atoms with van der Waals surface area (Å²) < 4.78 is 1.52. The van der Waals surface area contributed by atoms with E-state index in [2.05, 4.69) is 20.2 Å². The van der Waals surface area contributed by atoms with Gasteiger partial charge in [0, 0.05) is 11.7 Å². The highest BCUT2D eigenvalue weighted by atomic mass is 32.2. The summed E-state index contributed by atoms with van der Waals surface area (Å²) in [5.41, 5.74) is 0.720. The number of hydrogen-bond acceptors (Lipinski definition) is 6. The van der Waals surface area contributed by atoms with Crippen LogP contribution in [0.2, 0.25) is 0 Å². The average Bonchev–Trinajstić information content (AvgIpc) is 2.69. The first-order valence-corrected chi connectivity index (χ1v) is 6.43. The monoisotopic (exact) mass is 276 g/mol. The molecule has 7 nitrogen and oxygen atoms in total. The van der Waals surface area contributed by atoms with Crippen LogP contribution in [0.15, 0.2) is 21.2 Å². The van der Waals surface area contributed by atoms with Gasteiger partial charge in [-0.3, -0.25) is 4.57 Å². The Kier molecular flexibility index (Phi) is 3.66. The summed E-state index contributed by atoms with van der Waals surface area (Å²) in [5.74, 6) is 0. The smallest absolute Gasteiger partial charge is 0.267 e. The van der Waals surface area contributed by atoms with Crippen molar-refractivity contribution in [3.05, 3.63) is 27.9 Å². The number of H-pyrrole nitrogens is 1. The van der Waals surface area contributed by atoms with Crippen LogP contribution < -0.4 is 5.69 Å². The Bertz CT molecular complexity index is 696. The third-order valence-corrected chi connectivity index (χ3v) is 3.15. The molecule has 98 valence electrons. The lowest BCUT2D eigenvalue weighted by atomic mass is 10.4. The van der Waals surface area contributed by atoms with Crippen LogP contribution in [-0.2, 0) is 0 Å². The first-order valence-electron chi connectivity index (χ1n) is 5.62. The van der Waals surface area contributed by atoms with Crippen LogP contribution in [0.5, 0.6) is 0 Å². The van der Waals surface area contributed by atoms with Gasteiger partial charge in [-0.05, 0) is 38.6 Å². The molecule has 0 atom stereocenters. The molecule has 2 rings (SSSR count). The van der Waals surface area contributed by atoms with Gasteiger partial charge in [-0.25, -0.2) is 19.9 Å². The van der Waals surface area contributed by atoms with Crippen LogP contribution in [0.4, 0.5) is 0 Å². The number of aryl methyl sites for hydroxylation is 1. The maximum absolute atomic E-state index is 11.6. The van der Waals surface area contributed by atoms with Crippen molar-refractivity contribution in [3.63, 3.8) is 0 Å². The van der Waals surface area contributed by atoms with Crippen LogP contribution in [-0.4, -0.2) is 24.7 Å². The molecule has 8 heteroatoms. The Morgan fingerprint density at radius 1 is 1.47 bits per heavy atom. The number of aromatic amines is 1. The van der Waals surface area contributed by atoms with Crippen molar-refractivity contribution in [1.29, 1.82) is 5.26 Å². The Hall–Kier alpha value is -2.14. The molecule has 1 N–H and O–H groups in total. The van der Waals surface area contributed by atoms with E-state index in [9.17, 15) is 4.79 Å². The van der Waals surface area contributed by atoms with Gasteiger partial charge in [0.2, 0.25) is 0 Å². The normalized spacial score (nSPS) is 10.7. The van der Waals surface area contributed by atoms with Crippen molar-refractivity contribution in [1.82, 2.24) is 24.7 Å². The van der Waals surface area contributed by atoms with Crippen molar-refractivity contribution in [3.8, 4) is 6.07 Å². The fraction of sp³-hybridized carbons (Fsp3) is 0.364. The molecule has 0 aliphatic carbocycles. The van der Waals surface area contributed by atoms with Gasteiger partial charge in [0.25, 0.3) is 0 Å². The first-order chi connectivity index (χ1) is 9.01. The second kappa shape index (κ2) is 5.24. The van der Waals surface area contributed by atoms with Crippen LogP contribution >= 0.6 is 11.8 Å². The SMILES string of the molecule is Cc1cc(C#N)nc(Sc2n[nH]c(=O)n2C(C)C)n1. The van der Waals surface area contributed by atoms with Crippen molar-refractivity contribution in [2.24, 2.45) is 0 Å². The molecular formula is C11H12N6OS. The fourth-order valence-corrected chi connectivity index (χ4v) is 2.52. The molecular weight excluding hydrogens is 264 g/mol. The average molecular weight is 276 g/mol. The van der Waals surface area contributed by atoms with Crippen molar-refractivity contribution in [2.45, 2.75) is 37.1 Å². The van der Waals surface area contributed by atoms with E-state index in [1.165, 1.54) is 4.57 Å². The van der Waals surface area contributed by atoms with E-state index in [1.807, 2.05) is 19.9 Å². The Morgan fingerprint density at radius 2 is 2.21 bits per heavy atom. The molecule has 0 aliphatic rings. The fourth-order valence-electron chi connectivity index (χ4n) is 1.54. The van der Waals surface area contributed by atoms with E-state index in [0.29, 0.717) is 21.7 Å². The largest absolute Gasteiger partial charge is 0.344 e. The molecule has 0 radical (unpaired) electrons. The summed E-state index contributed by atoms with van der Waals surface area (Å²) >= 11 is 1.15. The zero-order chi connectivity index (χ0) is 14.0. The number of nitriles is 1. The Morgan fingerprint density at radius 3 is 2.84 bits per heavy atom. The molecule has 0 saturated carbocycles. The molecule has 2 aromatic heterocycles. The summed E-state index contributed by atoms with van der Waals surface area (Å²) in [4.78, 5) is 19.9. The summed E-state index contributed by atoms with van der Waals surface area (Å²) in [6.45, 7) is 5.56. The molecule has 0 saturated heterocycles. The summed E-state index contributed by atoms with van der Waals surface area (Å²) in [6, 6.07) is 3.56. The Labute approximate surface area is 113 Å². The van der Waals surface area contributed by atoms with Gasteiger partial charge in [-0.1, -0.05) is 0 Å². The van der Waals surface area contributed by atoms with E-state index in [0.717, 1.165) is 11.8 Å². The maximum atomic E-state index is 11.6. The molecule has 0 aliphatic heterocycles. The van der Waals surface area contributed by atoms with E-state index in [4.69, 9.17) is 5.26 Å². The molecule has 0 amide bonds. The van der Waals surface area contributed by atoms with Gasteiger partial charge < -0.3 is 0 Å². The topological polar surface area (TPSA) is 100 Å². The molecule has 0 unspecified atom stereocenters. The number of rotatable bonds is 3.